The van der Waals surface area contributed by atoms with Gasteiger partial charge in [0.15, 0.2) is 0 Å². The Morgan fingerprint density at radius 2 is 2.25 bits per heavy atom. The summed E-state index contributed by atoms with van der Waals surface area (Å²) in [7, 11) is 0. The third-order valence-electron chi connectivity index (χ3n) is 4.19. The van der Waals surface area contributed by atoms with Crippen LogP contribution in [-0.2, 0) is 6.54 Å². The molecule has 2 heterocycles. The predicted molar refractivity (Wildman–Crippen MR) is 79.9 cm³/mol. The second-order valence-corrected chi connectivity index (χ2v) is 5.82. The fourth-order valence-corrected chi connectivity index (χ4v) is 2.88. The summed E-state index contributed by atoms with van der Waals surface area (Å²) in [6.45, 7) is 11.0. The Kier molecular flexibility index (Phi) is 4.81. The zero-order chi connectivity index (χ0) is 14.7. The first kappa shape index (κ1) is 15.0. The van der Waals surface area contributed by atoms with Crippen LogP contribution in [0, 0.1) is 19.8 Å². The van der Waals surface area contributed by atoms with E-state index in [-0.39, 0.29) is 11.9 Å². The monoisotopic (exact) mass is 278 g/mol. The number of nitrogens with zero attached hydrogens (tertiary/aromatic N) is 2. The molecule has 1 aliphatic rings. The lowest BCUT2D eigenvalue weighted by Gasteiger charge is -2.30. The molecule has 0 saturated carbocycles. The summed E-state index contributed by atoms with van der Waals surface area (Å²) in [5.74, 6) is 0.536. The molecule has 5 heteroatoms. The molecule has 112 valence electrons. The average Bonchev–Trinajstić information content (AvgIpc) is 2.68. The number of amides is 1. The SMILES string of the molecule is CCCn1nc(C)c(C(=O)NC2CNCCC2C)c1C. The fraction of sp³-hybridized carbons (Fsp3) is 0.733. The number of aromatic nitrogens is 2. The van der Waals surface area contributed by atoms with Gasteiger partial charge in [-0.1, -0.05) is 13.8 Å². The molecule has 2 atom stereocenters. The van der Waals surface area contributed by atoms with Gasteiger partial charge in [-0.2, -0.15) is 5.10 Å². The van der Waals surface area contributed by atoms with Crippen LogP contribution in [0.25, 0.3) is 0 Å². The van der Waals surface area contributed by atoms with Crippen molar-refractivity contribution in [1.82, 2.24) is 20.4 Å². The third kappa shape index (κ3) is 3.03. The minimum Gasteiger partial charge on any atom is -0.348 e. The molecule has 5 nitrogen and oxygen atoms in total. The molecule has 0 radical (unpaired) electrons. The quantitative estimate of drug-likeness (QED) is 0.880. The number of hydrogen-bond acceptors (Lipinski definition) is 3. The highest BCUT2D eigenvalue weighted by Crippen LogP contribution is 2.16. The normalized spacial score (nSPS) is 22.8. The Balaban J connectivity index is 2.12. The van der Waals surface area contributed by atoms with E-state index in [0.717, 1.165) is 49.4 Å². The van der Waals surface area contributed by atoms with Crippen molar-refractivity contribution >= 4 is 5.91 Å². The number of hydrogen-bond donors (Lipinski definition) is 2. The van der Waals surface area contributed by atoms with Gasteiger partial charge in [-0.25, -0.2) is 0 Å². The Bertz CT molecular complexity index is 480. The van der Waals surface area contributed by atoms with E-state index in [0.29, 0.717) is 5.92 Å². The fourth-order valence-electron chi connectivity index (χ4n) is 2.88. The molecule has 20 heavy (non-hydrogen) atoms. The Hall–Kier alpha value is -1.36. The predicted octanol–water partition coefficient (Wildman–Crippen LogP) is 1.64. The molecule has 2 rings (SSSR count). The van der Waals surface area contributed by atoms with Crippen LogP contribution < -0.4 is 10.6 Å². The zero-order valence-corrected chi connectivity index (χ0v) is 13.0. The lowest BCUT2D eigenvalue weighted by Crippen LogP contribution is -2.50. The molecule has 2 unspecified atom stereocenters. The number of piperidine rings is 1. The van der Waals surface area contributed by atoms with E-state index in [9.17, 15) is 4.79 Å². The van der Waals surface area contributed by atoms with Gasteiger partial charge in [0.25, 0.3) is 5.91 Å². The first-order chi connectivity index (χ1) is 9.54. The van der Waals surface area contributed by atoms with Gasteiger partial charge < -0.3 is 10.6 Å². The van der Waals surface area contributed by atoms with Crippen LogP contribution in [0.1, 0.15) is 48.4 Å². The molecule has 1 saturated heterocycles. The summed E-state index contributed by atoms with van der Waals surface area (Å²) in [5.41, 5.74) is 2.54. The topological polar surface area (TPSA) is 59.0 Å². The van der Waals surface area contributed by atoms with Crippen molar-refractivity contribution in [3.63, 3.8) is 0 Å². The first-order valence-electron chi connectivity index (χ1n) is 7.60. The van der Waals surface area contributed by atoms with Gasteiger partial charge in [-0.3, -0.25) is 9.48 Å². The summed E-state index contributed by atoms with van der Waals surface area (Å²) in [4.78, 5) is 12.5. The van der Waals surface area contributed by atoms with Gasteiger partial charge in [0, 0.05) is 24.8 Å². The van der Waals surface area contributed by atoms with Crippen LogP contribution in [-0.4, -0.2) is 34.8 Å². The molecular weight excluding hydrogens is 252 g/mol. The van der Waals surface area contributed by atoms with E-state index < -0.39 is 0 Å². The molecule has 0 spiro atoms. The van der Waals surface area contributed by atoms with E-state index in [2.05, 4.69) is 29.6 Å². The summed E-state index contributed by atoms with van der Waals surface area (Å²) < 4.78 is 1.94. The highest BCUT2D eigenvalue weighted by atomic mass is 16.1. The van der Waals surface area contributed by atoms with Crippen molar-refractivity contribution in [2.75, 3.05) is 13.1 Å². The van der Waals surface area contributed by atoms with Crippen molar-refractivity contribution in [3.05, 3.63) is 17.0 Å². The van der Waals surface area contributed by atoms with Gasteiger partial charge in [0.2, 0.25) is 0 Å². The Labute approximate surface area is 121 Å². The van der Waals surface area contributed by atoms with Crippen molar-refractivity contribution < 1.29 is 4.79 Å². The van der Waals surface area contributed by atoms with Crippen LogP contribution in [0.2, 0.25) is 0 Å². The van der Waals surface area contributed by atoms with E-state index in [1.165, 1.54) is 0 Å². The molecule has 1 fully saturated rings. The molecule has 1 aromatic rings. The van der Waals surface area contributed by atoms with Crippen LogP contribution >= 0.6 is 0 Å². The summed E-state index contributed by atoms with van der Waals surface area (Å²) >= 11 is 0. The van der Waals surface area contributed by atoms with E-state index in [1.54, 1.807) is 0 Å². The van der Waals surface area contributed by atoms with E-state index in [1.807, 2.05) is 18.5 Å². The van der Waals surface area contributed by atoms with Gasteiger partial charge in [-0.15, -0.1) is 0 Å². The van der Waals surface area contributed by atoms with Gasteiger partial charge in [0.05, 0.1) is 11.3 Å². The lowest BCUT2D eigenvalue weighted by molar-refractivity contribution is 0.0914. The minimum absolute atomic E-state index is 0.0166. The number of carbonyl (C=O) groups excluding carboxylic acids is 1. The second-order valence-electron chi connectivity index (χ2n) is 5.82. The van der Waals surface area contributed by atoms with Crippen molar-refractivity contribution in [3.8, 4) is 0 Å². The van der Waals surface area contributed by atoms with Crippen LogP contribution in [0.4, 0.5) is 0 Å². The van der Waals surface area contributed by atoms with Crippen molar-refractivity contribution in [1.29, 1.82) is 0 Å². The molecule has 0 aromatic carbocycles. The van der Waals surface area contributed by atoms with E-state index in [4.69, 9.17) is 0 Å². The zero-order valence-electron chi connectivity index (χ0n) is 13.0. The molecule has 2 N–H and O–H groups in total. The molecular formula is C15H26N4O. The molecule has 1 aromatic heterocycles. The maximum absolute atomic E-state index is 12.5. The Morgan fingerprint density at radius 1 is 1.50 bits per heavy atom. The second kappa shape index (κ2) is 6.39. The Morgan fingerprint density at radius 3 is 2.90 bits per heavy atom. The van der Waals surface area contributed by atoms with Crippen LogP contribution in [0.3, 0.4) is 0 Å². The maximum Gasteiger partial charge on any atom is 0.255 e. The molecule has 1 aliphatic heterocycles. The van der Waals surface area contributed by atoms with Gasteiger partial charge >= 0.3 is 0 Å². The van der Waals surface area contributed by atoms with E-state index >= 15 is 0 Å². The van der Waals surface area contributed by atoms with Crippen molar-refractivity contribution in [2.45, 2.75) is 53.1 Å². The standard InChI is InChI=1S/C15H26N4O/c1-5-8-19-12(4)14(11(3)18-19)15(20)17-13-9-16-7-6-10(13)2/h10,13,16H,5-9H2,1-4H3,(H,17,20). The summed E-state index contributed by atoms with van der Waals surface area (Å²) in [6.07, 6.45) is 2.13. The third-order valence-corrected chi connectivity index (χ3v) is 4.19. The number of nitrogens with one attached hydrogen (secondary N) is 2. The van der Waals surface area contributed by atoms with Crippen LogP contribution in [0.15, 0.2) is 0 Å². The highest BCUT2D eigenvalue weighted by molar-refractivity contribution is 5.96. The van der Waals surface area contributed by atoms with Crippen molar-refractivity contribution in [2.24, 2.45) is 5.92 Å². The number of carbonyl (C=O) groups is 1. The molecule has 0 aliphatic carbocycles. The van der Waals surface area contributed by atoms with Crippen LogP contribution in [0.5, 0.6) is 0 Å². The minimum atomic E-state index is 0.0166. The summed E-state index contributed by atoms with van der Waals surface area (Å²) in [5, 5.41) is 11.0. The first-order valence-corrected chi connectivity index (χ1v) is 7.60. The largest absolute Gasteiger partial charge is 0.348 e. The lowest BCUT2D eigenvalue weighted by atomic mass is 9.94. The maximum atomic E-state index is 12.5. The highest BCUT2D eigenvalue weighted by Gasteiger charge is 2.25. The smallest absolute Gasteiger partial charge is 0.255 e. The molecule has 0 bridgehead atoms. The number of rotatable bonds is 4. The van der Waals surface area contributed by atoms with Gasteiger partial charge in [-0.05, 0) is 39.2 Å². The average molecular weight is 278 g/mol. The summed E-state index contributed by atoms with van der Waals surface area (Å²) in [6, 6.07) is 0.213. The molecule has 1 amide bonds. The number of aryl methyl sites for hydroxylation is 2. The van der Waals surface area contributed by atoms with Gasteiger partial charge in [0.1, 0.15) is 0 Å².